The second-order valence-electron chi connectivity index (χ2n) is 4.07. The molecule has 0 aliphatic carbocycles. The van der Waals surface area contributed by atoms with E-state index in [1.807, 2.05) is 0 Å². The monoisotopic (exact) mass is 250 g/mol. The molecular weight excluding hydrogens is 239 g/mol. The fourth-order valence-electron chi connectivity index (χ4n) is 2.09. The number of rotatable bonds is 1. The first-order valence-electron chi connectivity index (χ1n) is 5.16. The maximum absolute atomic E-state index is 13.8. The van der Waals surface area contributed by atoms with Crippen molar-refractivity contribution in [2.75, 3.05) is 5.73 Å². The van der Waals surface area contributed by atoms with Gasteiger partial charge in [-0.2, -0.15) is 0 Å². The number of nitrogens with two attached hydrogens (primary N) is 1. The van der Waals surface area contributed by atoms with Crippen molar-refractivity contribution in [3.63, 3.8) is 0 Å². The minimum absolute atomic E-state index is 0.0579. The molecule has 6 heteroatoms. The normalized spacial score (nSPS) is 10.8. The number of nitrogens with zero attached hydrogens (tertiary/aromatic N) is 1. The predicted octanol–water partition coefficient (Wildman–Crippen LogP) is 1.27. The van der Waals surface area contributed by atoms with Crippen LogP contribution >= 0.6 is 0 Å². The summed E-state index contributed by atoms with van der Waals surface area (Å²) in [5.41, 5.74) is 4.88. The van der Waals surface area contributed by atoms with Gasteiger partial charge in [0, 0.05) is 23.7 Å². The molecule has 3 N–H and O–H groups in total. The molecule has 1 aromatic carbocycles. The number of aromatic carboxylic acids is 1. The van der Waals surface area contributed by atoms with Crippen LogP contribution in [-0.2, 0) is 7.05 Å². The van der Waals surface area contributed by atoms with Gasteiger partial charge in [-0.3, -0.25) is 4.79 Å². The van der Waals surface area contributed by atoms with Gasteiger partial charge in [-0.05, 0) is 19.1 Å². The first kappa shape index (κ1) is 12.1. The van der Waals surface area contributed by atoms with E-state index >= 15 is 0 Å². The van der Waals surface area contributed by atoms with Crippen LogP contribution < -0.4 is 11.3 Å². The molecule has 2 aromatic rings. The summed E-state index contributed by atoms with van der Waals surface area (Å²) < 4.78 is 14.9. The van der Waals surface area contributed by atoms with Crippen LogP contribution in [-0.4, -0.2) is 15.6 Å². The molecule has 0 saturated heterocycles. The molecular formula is C12H11FN2O3. The van der Waals surface area contributed by atoms with E-state index in [0.717, 1.165) is 10.6 Å². The first-order valence-corrected chi connectivity index (χ1v) is 5.16. The van der Waals surface area contributed by atoms with Gasteiger partial charge in [0.15, 0.2) is 0 Å². The molecule has 94 valence electrons. The molecule has 0 bridgehead atoms. The van der Waals surface area contributed by atoms with Crippen LogP contribution in [0.25, 0.3) is 10.9 Å². The van der Waals surface area contributed by atoms with Crippen molar-refractivity contribution in [2.45, 2.75) is 6.92 Å². The van der Waals surface area contributed by atoms with Gasteiger partial charge in [0.05, 0.1) is 11.1 Å². The van der Waals surface area contributed by atoms with Gasteiger partial charge in [0.1, 0.15) is 5.82 Å². The van der Waals surface area contributed by atoms with E-state index in [4.69, 9.17) is 10.8 Å². The maximum Gasteiger partial charge on any atom is 0.336 e. The van der Waals surface area contributed by atoms with E-state index in [9.17, 15) is 14.0 Å². The van der Waals surface area contributed by atoms with Crippen molar-refractivity contribution in [1.29, 1.82) is 0 Å². The number of anilines is 1. The number of pyridine rings is 1. The Labute approximate surface area is 101 Å². The SMILES string of the molecule is Cc1c(C(=O)O)c2cc(N)cc(F)c2n(C)c1=O. The number of aryl methyl sites for hydroxylation is 1. The van der Waals surface area contributed by atoms with Crippen LogP contribution in [0.4, 0.5) is 10.1 Å². The Morgan fingerprint density at radius 1 is 1.44 bits per heavy atom. The Hall–Kier alpha value is -2.37. The molecule has 0 radical (unpaired) electrons. The van der Waals surface area contributed by atoms with Crippen LogP contribution in [0.1, 0.15) is 15.9 Å². The number of carboxylic acid groups (broad SMARTS) is 1. The Bertz CT molecular complexity index is 734. The van der Waals surface area contributed by atoms with Gasteiger partial charge in [0.2, 0.25) is 0 Å². The third-order valence-corrected chi connectivity index (χ3v) is 2.90. The van der Waals surface area contributed by atoms with Crippen molar-refractivity contribution >= 4 is 22.6 Å². The average Bonchev–Trinajstić information content (AvgIpc) is 2.24. The minimum atomic E-state index is -1.28. The molecule has 0 unspecified atom stereocenters. The Kier molecular flexibility index (Phi) is 2.58. The molecule has 1 aromatic heterocycles. The third-order valence-electron chi connectivity index (χ3n) is 2.90. The number of carbonyl (C=O) groups is 1. The highest BCUT2D eigenvalue weighted by atomic mass is 19.1. The van der Waals surface area contributed by atoms with Crippen molar-refractivity contribution in [3.05, 3.63) is 39.4 Å². The molecule has 0 aliphatic heterocycles. The fraction of sp³-hybridized carbons (Fsp3) is 0.167. The Balaban J connectivity index is 3.18. The van der Waals surface area contributed by atoms with Gasteiger partial charge in [-0.25, -0.2) is 9.18 Å². The Morgan fingerprint density at radius 3 is 2.61 bits per heavy atom. The van der Waals surface area contributed by atoms with Crippen molar-refractivity contribution in [2.24, 2.45) is 7.05 Å². The Morgan fingerprint density at radius 2 is 2.06 bits per heavy atom. The van der Waals surface area contributed by atoms with Crippen molar-refractivity contribution < 1.29 is 14.3 Å². The molecule has 0 atom stereocenters. The second kappa shape index (κ2) is 3.83. The lowest BCUT2D eigenvalue weighted by atomic mass is 10.0. The predicted molar refractivity (Wildman–Crippen MR) is 65.3 cm³/mol. The third kappa shape index (κ3) is 1.54. The topological polar surface area (TPSA) is 85.3 Å². The number of halogens is 1. The van der Waals surface area contributed by atoms with Crippen LogP contribution in [0.2, 0.25) is 0 Å². The van der Waals surface area contributed by atoms with E-state index in [1.165, 1.54) is 20.0 Å². The number of benzene rings is 1. The number of aromatic nitrogens is 1. The smallest absolute Gasteiger partial charge is 0.336 e. The molecule has 0 spiro atoms. The average molecular weight is 250 g/mol. The number of nitrogen functional groups attached to an aromatic ring is 1. The minimum Gasteiger partial charge on any atom is -0.478 e. The van der Waals surface area contributed by atoms with E-state index in [0.29, 0.717) is 0 Å². The summed E-state index contributed by atoms with van der Waals surface area (Å²) in [6.45, 7) is 1.40. The summed E-state index contributed by atoms with van der Waals surface area (Å²) in [6, 6.07) is 2.41. The molecule has 18 heavy (non-hydrogen) atoms. The van der Waals surface area contributed by atoms with E-state index < -0.39 is 17.3 Å². The molecule has 2 rings (SSSR count). The number of hydrogen-bond acceptors (Lipinski definition) is 3. The lowest BCUT2D eigenvalue weighted by Crippen LogP contribution is -2.24. The van der Waals surface area contributed by atoms with E-state index in [1.54, 1.807) is 0 Å². The number of hydrogen-bond donors (Lipinski definition) is 2. The summed E-state index contributed by atoms with van der Waals surface area (Å²) in [6.07, 6.45) is 0. The second-order valence-corrected chi connectivity index (χ2v) is 4.07. The summed E-state index contributed by atoms with van der Waals surface area (Å²) in [5.74, 6) is -1.99. The van der Waals surface area contributed by atoms with Gasteiger partial charge in [-0.15, -0.1) is 0 Å². The highest BCUT2D eigenvalue weighted by Crippen LogP contribution is 2.24. The first-order chi connectivity index (χ1) is 8.34. The molecule has 0 aliphatic rings. The summed E-state index contributed by atoms with van der Waals surface area (Å²) in [5, 5.41) is 9.27. The fourth-order valence-corrected chi connectivity index (χ4v) is 2.09. The van der Waals surface area contributed by atoms with Crippen molar-refractivity contribution in [1.82, 2.24) is 4.57 Å². The molecule has 5 nitrogen and oxygen atoms in total. The zero-order chi connectivity index (χ0) is 13.6. The lowest BCUT2D eigenvalue weighted by Gasteiger charge is -2.12. The largest absolute Gasteiger partial charge is 0.478 e. The van der Waals surface area contributed by atoms with Crippen LogP contribution in [0.3, 0.4) is 0 Å². The maximum atomic E-state index is 13.8. The van der Waals surface area contributed by atoms with Crippen LogP contribution in [0.5, 0.6) is 0 Å². The number of carboxylic acids is 1. The van der Waals surface area contributed by atoms with Crippen LogP contribution in [0.15, 0.2) is 16.9 Å². The van der Waals surface area contributed by atoms with Gasteiger partial charge < -0.3 is 15.4 Å². The van der Waals surface area contributed by atoms with E-state index in [2.05, 4.69) is 0 Å². The molecule has 0 saturated carbocycles. The molecule has 0 fully saturated rings. The highest BCUT2D eigenvalue weighted by Gasteiger charge is 2.19. The zero-order valence-corrected chi connectivity index (χ0v) is 9.82. The summed E-state index contributed by atoms with van der Waals surface area (Å²) >= 11 is 0. The van der Waals surface area contributed by atoms with Crippen molar-refractivity contribution in [3.8, 4) is 0 Å². The van der Waals surface area contributed by atoms with Gasteiger partial charge in [-0.1, -0.05) is 0 Å². The van der Waals surface area contributed by atoms with Crippen LogP contribution in [0, 0.1) is 12.7 Å². The molecule has 0 amide bonds. The lowest BCUT2D eigenvalue weighted by molar-refractivity contribution is 0.0698. The quantitative estimate of drug-likeness (QED) is 0.746. The summed E-state index contributed by atoms with van der Waals surface area (Å²) in [4.78, 5) is 23.1. The standard InChI is InChI=1S/C12H11FN2O3/c1-5-9(12(17)18)7-3-6(14)4-8(13)10(7)15(2)11(5)16/h3-4H,14H2,1-2H3,(H,17,18). The zero-order valence-electron chi connectivity index (χ0n) is 9.82. The van der Waals surface area contributed by atoms with E-state index in [-0.39, 0.29) is 27.7 Å². The number of fused-ring (bicyclic) bond motifs is 1. The van der Waals surface area contributed by atoms with Gasteiger partial charge in [0.25, 0.3) is 5.56 Å². The van der Waals surface area contributed by atoms with Gasteiger partial charge >= 0.3 is 5.97 Å². The highest BCUT2D eigenvalue weighted by molar-refractivity contribution is 6.04. The molecule has 1 heterocycles. The summed E-state index contributed by atoms with van der Waals surface area (Å²) in [7, 11) is 1.39.